The topological polar surface area (TPSA) is 77.3 Å². The number of aryl methyl sites for hydroxylation is 2. The molecule has 0 bridgehead atoms. The van der Waals surface area contributed by atoms with E-state index in [0.29, 0.717) is 23.3 Å². The maximum atomic E-state index is 5.09. The highest BCUT2D eigenvalue weighted by Crippen LogP contribution is 2.39. The van der Waals surface area contributed by atoms with Crippen molar-refractivity contribution in [2.45, 2.75) is 13.8 Å². The summed E-state index contributed by atoms with van der Waals surface area (Å²) in [4.78, 5) is 29.4. The quantitative estimate of drug-likeness (QED) is 0.164. The molecule has 0 unspecified atom stereocenters. The van der Waals surface area contributed by atoms with E-state index in [2.05, 4.69) is 82.8 Å². The van der Waals surface area contributed by atoms with Crippen molar-refractivity contribution in [1.29, 1.82) is 0 Å². The minimum absolute atomic E-state index is 0.584. The summed E-state index contributed by atoms with van der Waals surface area (Å²) in [7, 11) is 0. The fourth-order valence-electron chi connectivity index (χ4n) is 6.84. The van der Waals surface area contributed by atoms with Crippen molar-refractivity contribution in [2.24, 2.45) is 0 Å². The molecule has 3 aromatic heterocycles. The number of nitrogens with zero attached hydrogens (tertiary/aromatic N) is 6. The average molecular weight is 669 g/mol. The van der Waals surface area contributed by atoms with Crippen molar-refractivity contribution < 1.29 is 0 Å². The second kappa shape index (κ2) is 13.1. The highest BCUT2D eigenvalue weighted by Gasteiger charge is 2.17. The van der Waals surface area contributed by atoms with Crippen LogP contribution in [0.15, 0.2) is 158 Å². The Hall–Kier alpha value is -6.92. The van der Waals surface area contributed by atoms with Crippen LogP contribution in [0.3, 0.4) is 0 Å². The smallest absolute Gasteiger partial charge is 0.164 e. The maximum Gasteiger partial charge on any atom is 0.164 e. The Morgan fingerprint density at radius 3 is 1.50 bits per heavy atom. The zero-order chi connectivity index (χ0) is 35.0. The Bertz CT molecular complexity index is 2670. The molecule has 6 heteroatoms. The number of benzene rings is 6. The van der Waals surface area contributed by atoms with E-state index in [9.17, 15) is 0 Å². The summed E-state index contributed by atoms with van der Waals surface area (Å²) in [6.07, 6.45) is 1.85. The number of hydrogen-bond donors (Lipinski definition) is 0. The van der Waals surface area contributed by atoms with Gasteiger partial charge in [-0.1, -0.05) is 109 Å². The number of aromatic nitrogens is 6. The predicted molar refractivity (Wildman–Crippen MR) is 210 cm³/mol. The first-order valence-corrected chi connectivity index (χ1v) is 17.3. The van der Waals surface area contributed by atoms with Crippen molar-refractivity contribution in [3.63, 3.8) is 0 Å². The highest BCUT2D eigenvalue weighted by atomic mass is 15.0. The molecule has 9 rings (SSSR count). The van der Waals surface area contributed by atoms with Gasteiger partial charge in [0.1, 0.15) is 0 Å². The monoisotopic (exact) mass is 668 g/mol. The Balaban J connectivity index is 1.28. The molecule has 9 aromatic rings. The van der Waals surface area contributed by atoms with Crippen LogP contribution in [-0.2, 0) is 0 Å². The molecule has 0 fully saturated rings. The number of hydrogen-bond acceptors (Lipinski definition) is 6. The maximum absolute atomic E-state index is 5.09. The van der Waals surface area contributed by atoms with Gasteiger partial charge in [-0.2, -0.15) is 0 Å². The lowest BCUT2D eigenvalue weighted by atomic mass is 9.91. The van der Waals surface area contributed by atoms with Crippen molar-refractivity contribution in [1.82, 2.24) is 29.9 Å². The van der Waals surface area contributed by atoms with E-state index in [1.54, 1.807) is 0 Å². The second-order valence-electron chi connectivity index (χ2n) is 12.9. The molecule has 6 aromatic carbocycles. The fourth-order valence-corrected chi connectivity index (χ4v) is 6.84. The van der Waals surface area contributed by atoms with Crippen LogP contribution in [0, 0.1) is 13.8 Å². The van der Waals surface area contributed by atoms with Gasteiger partial charge in [-0.05, 0) is 89.0 Å². The molecule has 6 nitrogen and oxygen atoms in total. The Labute approximate surface area is 301 Å². The normalized spacial score (nSPS) is 11.3. The van der Waals surface area contributed by atoms with E-state index in [0.717, 1.165) is 56.0 Å². The van der Waals surface area contributed by atoms with Crippen LogP contribution in [0.1, 0.15) is 11.4 Å². The minimum atomic E-state index is 0.584. The number of rotatable bonds is 6. The Morgan fingerprint density at radius 1 is 0.346 bits per heavy atom. The average Bonchev–Trinajstić information content (AvgIpc) is 3.20. The van der Waals surface area contributed by atoms with Gasteiger partial charge >= 0.3 is 0 Å². The lowest BCUT2D eigenvalue weighted by Crippen LogP contribution is -2.00. The van der Waals surface area contributed by atoms with E-state index >= 15 is 0 Å². The highest BCUT2D eigenvalue weighted by molar-refractivity contribution is 6.14. The van der Waals surface area contributed by atoms with Crippen LogP contribution in [-0.4, -0.2) is 29.9 Å². The molecule has 0 amide bonds. The van der Waals surface area contributed by atoms with Crippen LogP contribution in [0.5, 0.6) is 0 Å². The van der Waals surface area contributed by atoms with E-state index in [-0.39, 0.29) is 0 Å². The molecule has 0 radical (unpaired) electrons. The van der Waals surface area contributed by atoms with E-state index in [1.807, 2.05) is 98.9 Å². The van der Waals surface area contributed by atoms with Crippen molar-refractivity contribution in [3.05, 3.63) is 169 Å². The molecule has 0 aliphatic carbocycles. The summed E-state index contributed by atoms with van der Waals surface area (Å²) >= 11 is 0. The third-order valence-electron chi connectivity index (χ3n) is 9.27. The summed E-state index contributed by atoms with van der Waals surface area (Å²) in [6.45, 7) is 3.97. The fraction of sp³-hybridized carbons (Fsp3) is 0.0435. The first-order valence-electron chi connectivity index (χ1n) is 17.3. The van der Waals surface area contributed by atoms with Gasteiger partial charge in [-0.3, -0.25) is 4.98 Å². The van der Waals surface area contributed by atoms with Gasteiger partial charge in [0.15, 0.2) is 23.3 Å². The van der Waals surface area contributed by atoms with Crippen LogP contribution in [0.4, 0.5) is 0 Å². The summed E-state index contributed by atoms with van der Waals surface area (Å²) in [5.41, 5.74) is 9.36. The molecule has 0 spiro atoms. The summed E-state index contributed by atoms with van der Waals surface area (Å²) < 4.78 is 0. The van der Waals surface area contributed by atoms with Crippen LogP contribution < -0.4 is 0 Å². The van der Waals surface area contributed by atoms with Gasteiger partial charge in [0.05, 0.1) is 5.69 Å². The van der Waals surface area contributed by atoms with Crippen LogP contribution in [0.2, 0.25) is 0 Å². The van der Waals surface area contributed by atoms with E-state index in [1.165, 1.54) is 21.5 Å². The first-order chi connectivity index (χ1) is 25.6. The molecule has 0 N–H and O–H groups in total. The van der Waals surface area contributed by atoms with E-state index < -0.39 is 0 Å². The molecule has 0 atom stereocenters. The van der Waals surface area contributed by atoms with Gasteiger partial charge in [0.2, 0.25) is 0 Å². The Kier molecular flexibility index (Phi) is 7.82. The van der Waals surface area contributed by atoms with Crippen LogP contribution in [0.25, 0.3) is 89.5 Å². The lowest BCUT2D eigenvalue weighted by molar-refractivity contribution is 1.06. The molecule has 0 aliphatic heterocycles. The summed E-state index contributed by atoms with van der Waals surface area (Å²) in [6, 6.07) is 52.2. The van der Waals surface area contributed by atoms with Crippen molar-refractivity contribution in [2.75, 3.05) is 0 Å². The van der Waals surface area contributed by atoms with Gasteiger partial charge in [-0.25, -0.2) is 24.9 Å². The third-order valence-corrected chi connectivity index (χ3v) is 9.27. The van der Waals surface area contributed by atoms with Gasteiger partial charge in [0.25, 0.3) is 0 Å². The minimum Gasteiger partial charge on any atom is -0.255 e. The van der Waals surface area contributed by atoms with Crippen molar-refractivity contribution in [3.8, 4) is 67.9 Å². The zero-order valence-corrected chi connectivity index (χ0v) is 28.7. The molecule has 0 saturated heterocycles. The van der Waals surface area contributed by atoms with Gasteiger partial charge < -0.3 is 0 Å². The van der Waals surface area contributed by atoms with E-state index in [4.69, 9.17) is 19.9 Å². The Morgan fingerprint density at radius 2 is 0.865 bits per heavy atom. The molecule has 246 valence electrons. The molecular weight excluding hydrogens is 637 g/mol. The largest absolute Gasteiger partial charge is 0.255 e. The summed E-state index contributed by atoms with van der Waals surface area (Å²) in [5.74, 6) is 2.48. The zero-order valence-electron chi connectivity index (χ0n) is 28.7. The van der Waals surface area contributed by atoms with Gasteiger partial charge in [-0.15, -0.1) is 0 Å². The predicted octanol–water partition coefficient (Wildman–Crippen LogP) is 11.0. The lowest BCUT2D eigenvalue weighted by Gasteiger charge is -2.15. The molecule has 0 saturated carbocycles. The SMILES string of the molecule is Cc1cc(C)nc(-c2ccc(-c3cc(-c4nc(-c5ccccc5)nc(-c5ccccc5)n4)cc(-c4cc5ccccc5c5ccccc45)c3)nc2)n1. The molecular formula is C46H32N6. The van der Waals surface area contributed by atoms with Gasteiger partial charge in [0, 0.05) is 45.4 Å². The molecule has 3 heterocycles. The molecule has 52 heavy (non-hydrogen) atoms. The number of pyridine rings is 1. The third kappa shape index (κ3) is 5.97. The molecule has 0 aliphatic rings. The second-order valence-corrected chi connectivity index (χ2v) is 12.9. The number of fused-ring (bicyclic) bond motifs is 3. The standard InChI is InChI=1S/C46H32N6/c1-29-23-30(2)49-45(48-29)34-21-22-42(47-28-34)36-24-35(41-27-33-17-9-10-18-38(33)39-19-11-12-20-40(39)41)25-37(26-36)46-51-43(31-13-5-3-6-14-31)50-44(52-46)32-15-7-4-8-16-32/h3-28H,1-2H3. The van der Waals surface area contributed by atoms with Crippen molar-refractivity contribution >= 4 is 21.5 Å². The summed E-state index contributed by atoms with van der Waals surface area (Å²) in [5, 5.41) is 4.78. The van der Waals surface area contributed by atoms with Crippen LogP contribution >= 0.6 is 0 Å². The first kappa shape index (κ1) is 31.1.